The Morgan fingerprint density at radius 1 is 0.792 bits per heavy atom. The number of ether oxygens (including phenoxy) is 1. The summed E-state index contributed by atoms with van der Waals surface area (Å²) in [4.78, 5) is 13.1. The van der Waals surface area contributed by atoms with Crippen LogP contribution in [-0.2, 0) is 10.2 Å². The van der Waals surface area contributed by atoms with Crippen LogP contribution in [0.25, 0.3) is 0 Å². The molecule has 1 atom stereocenters. The Labute approximate surface area is 150 Å². The molecule has 0 saturated heterocycles. The van der Waals surface area contributed by atoms with E-state index in [0.29, 0.717) is 5.75 Å². The van der Waals surface area contributed by atoms with Crippen molar-refractivity contribution in [3.05, 3.63) is 101 Å². The van der Waals surface area contributed by atoms with Crippen LogP contribution in [-0.4, -0.2) is 5.97 Å². The van der Waals surface area contributed by atoms with E-state index in [-0.39, 0.29) is 5.97 Å². The van der Waals surface area contributed by atoms with Gasteiger partial charge in [-0.2, -0.15) is 0 Å². The van der Waals surface area contributed by atoms with Gasteiger partial charge in [0, 0.05) is 4.47 Å². The zero-order valence-electron chi connectivity index (χ0n) is 13.3. The van der Waals surface area contributed by atoms with Crippen molar-refractivity contribution in [1.29, 1.82) is 0 Å². The zero-order chi connectivity index (χ0) is 17.0. The van der Waals surface area contributed by atoms with Gasteiger partial charge >= 0.3 is 5.97 Å². The Kier molecular flexibility index (Phi) is 4.81. The molecule has 1 unspecified atom stereocenters. The quantitative estimate of drug-likeness (QED) is 0.449. The minimum absolute atomic E-state index is 0.303. The Hall–Kier alpha value is -2.39. The second-order valence-electron chi connectivity index (χ2n) is 5.70. The molecule has 3 heteroatoms. The van der Waals surface area contributed by atoms with Crippen molar-refractivity contribution in [1.82, 2.24) is 0 Å². The van der Waals surface area contributed by atoms with Gasteiger partial charge in [0.1, 0.15) is 11.2 Å². The Morgan fingerprint density at radius 2 is 1.29 bits per heavy atom. The Morgan fingerprint density at radius 3 is 1.88 bits per heavy atom. The molecular weight excluding hydrogens is 364 g/mol. The first-order chi connectivity index (χ1) is 11.6. The molecule has 0 bridgehead atoms. The third-order valence-corrected chi connectivity index (χ3v) is 4.66. The van der Waals surface area contributed by atoms with Crippen molar-refractivity contribution in [2.45, 2.75) is 12.3 Å². The van der Waals surface area contributed by atoms with E-state index in [9.17, 15) is 4.79 Å². The van der Waals surface area contributed by atoms with Crippen LogP contribution in [0.2, 0.25) is 0 Å². The molecule has 0 radical (unpaired) electrons. The zero-order valence-corrected chi connectivity index (χ0v) is 14.9. The summed E-state index contributed by atoms with van der Waals surface area (Å²) < 4.78 is 6.64. The van der Waals surface area contributed by atoms with Gasteiger partial charge in [-0.15, -0.1) is 0 Å². The van der Waals surface area contributed by atoms with Gasteiger partial charge in [0.05, 0.1) is 0 Å². The van der Waals surface area contributed by atoms with E-state index < -0.39 is 5.41 Å². The van der Waals surface area contributed by atoms with Crippen molar-refractivity contribution >= 4 is 21.9 Å². The highest BCUT2D eigenvalue weighted by Gasteiger charge is 2.39. The van der Waals surface area contributed by atoms with E-state index in [1.807, 2.05) is 79.7 Å². The highest BCUT2D eigenvalue weighted by Crippen LogP contribution is 2.34. The second-order valence-corrected chi connectivity index (χ2v) is 6.62. The molecule has 3 aromatic rings. The number of carbonyl (C=O) groups excluding carboxylic acids is 1. The molecule has 3 rings (SSSR count). The molecule has 0 aliphatic heterocycles. The van der Waals surface area contributed by atoms with E-state index in [1.165, 1.54) is 0 Å². The van der Waals surface area contributed by atoms with Gasteiger partial charge < -0.3 is 4.74 Å². The summed E-state index contributed by atoms with van der Waals surface area (Å²) in [5.41, 5.74) is 0.892. The first-order valence-electron chi connectivity index (χ1n) is 7.69. The molecule has 120 valence electrons. The lowest BCUT2D eigenvalue weighted by Gasteiger charge is -2.28. The largest absolute Gasteiger partial charge is 0.426 e. The van der Waals surface area contributed by atoms with Crippen LogP contribution in [0.3, 0.4) is 0 Å². The molecule has 0 amide bonds. The number of halogens is 1. The molecule has 2 nitrogen and oxygen atoms in total. The van der Waals surface area contributed by atoms with Gasteiger partial charge in [0.25, 0.3) is 0 Å². The number of esters is 1. The van der Waals surface area contributed by atoms with Gasteiger partial charge in [0.15, 0.2) is 0 Å². The predicted octanol–water partition coefficient (Wildman–Crippen LogP) is 5.36. The fourth-order valence-electron chi connectivity index (χ4n) is 2.65. The molecule has 0 N–H and O–H groups in total. The summed E-state index contributed by atoms with van der Waals surface area (Å²) in [6.07, 6.45) is 0. The lowest BCUT2D eigenvalue weighted by Crippen LogP contribution is -2.37. The molecule has 0 aliphatic carbocycles. The van der Waals surface area contributed by atoms with Crippen molar-refractivity contribution in [3.63, 3.8) is 0 Å². The average Bonchev–Trinajstić information content (AvgIpc) is 2.63. The summed E-state index contributed by atoms with van der Waals surface area (Å²) in [5.74, 6) is 0.240. The average molecular weight is 381 g/mol. The van der Waals surface area contributed by atoms with Gasteiger partial charge in [0.2, 0.25) is 0 Å². The number of rotatable bonds is 4. The Bertz CT molecular complexity index is 813. The normalized spacial score (nSPS) is 13.1. The number of hydrogen-bond acceptors (Lipinski definition) is 2. The van der Waals surface area contributed by atoms with Gasteiger partial charge in [-0.05, 0) is 42.3 Å². The third-order valence-electron chi connectivity index (χ3n) is 4.13. The van der Waals surface area contributed by atoms with Crippen LogP contribution in [0.5, 0.6) is 5.75 Å². The minimum Gasteiger partial charge on any atom is -0.426 e. The van der Waals surface area contributed by atoms with Gasteiger partial charge in [-0.3, -0.25) is 4.79 Å². The molecule has 0 spiro atoms. The van der Waals surface area contributed by atoms with Crippen molar-refractivity contribution in [3.8, 4) is 5.75 Å². The minimum atomic E-state index is -0.891. The summed E-state index contributed by atoms with van der Waals surface area (Å²) >= 11 is 3.44. The first kappa shape index (κ1) is 16.5. The monoisotopic (exact) mass is 380 g/mol. The lowest BCUT2D eigenvalue weighted by molar-refractivity contribution is -0.138. The van der Waals surface area contributed by atoms with Gasteiger partial charge in [-0.25, -0.2) is 0 Å². The smallest absolute Gasteiger partial charge is 0.326 e. The van der Waals surface area contributed by atoms with Crippen LogP contribution in [0.1, 0.15) is 18.1 Å². The first-order valence-corrected chi connectivity index (χ1v) is 8.49. The molecule has 0 aromatic heterocycles. The maximum absolute atomic E-state index is 13.1. The fraction of sp³-hybridized carbons (Fsp3) is 0.0952. The van der Waals surface area contributed by atoms with Crippen LogP contribution < -0.4 is 4.74 Å². The molecule has 0 fully saturated rings. The molecular formula is C21H17BrO2. The van der Waals surface area contributed by atoms with E-state index >= 15 is 0 Å². The van der Waals surface area contributed by atoms with Crippen LogP contribution in [0.15, 0.2) is 89.4 Å². The molecule has 0 heterocycles. The second kappa shape index (κ2) is 7.02. The van der Waals surface area contributed by atoms with Crippen LogP contribution >= 0.6 is 15.9 Å². The molecule has 0 aliphatic rings. The van der Waals surface area contributed by atoms with Crippen molar-refractivity contribution in [2.75, 3.05) is 0 Å². The van der Waals surface area contributed by atoms with E-state index in [4.69, 9.17) is 4.74 Å². The molecule has 3 aromatic carbocycles. The van der Waals surface area contributed by atoms with E-state index in [2.05, 4.69) is 15.9 Å². The number of carbonyl (C=O) groups is 1. The lowest BCUT2D eigenvalue weighted by atomic mass is 9.76. The topological polar surface area (TPSA) is 26.3 Å². The highest BCUT2D eigenvalue weighted by atomic mass is 79.9. The third kappa shape index (κ3) is 3.26. The highest BCUT2D eigenvalue weighted by molar-refractivity contribution is 9.10. The van der Waals surface area contributed by atoms with E-state index in [1.54, 1.807) is 12.1 Å². The fourth-order valence-corrected chi connectivity index (χ4v) is 2.92. The number of benzene rings is 3. The van der Waals surface area contributed by atoms with Crippen LogP contribution in [0, 0.1) is 0 Å². The molecule has 24 heavy (non-hydrogen) atoms. The molecule has 0 saturated carbocycles. The SMILES string of the molecule is CC(C(=O)Oc1ccccc1)(c1ccccc1)c1ccc(Br)cc1. The predicted molar refractivity (Wildman–Crippen MR) is 99.1 cm³/mol. The maximum atomic E-state index is 13.1. The maximum Gasteiger partial charge on any atom is 0.326 e. The van der Waals surface area contributed by atoms with Crippen LogP contribution in [0.4, 0.5) is 0 Å². The Balaban J connectivity index is 2.05. The van der Waals surface area contributed by atoms with E-state index in [0.717, 1.165) is 15.6 Å². The number of hydrogen-bond donors (Lipinski definition) is 0. The summed E-state index contributed by atoms with van der Waals surface area (Å²) in [6.45, 7) is 1.90. The van der Waals surface area contributed by atoms with Gasteiger partial charge in [-0.1, -0.05) is 76.6 Å². The van der Waals surface area contributed by atoms with Crippen molar-refractivity contribution in [2.24, 2.45) is 0 Å². The summed E-state index contributed by atoms with van der Waals surface area (Å²) in [5, 5.41) is 0. The summed E-state index contributed by atoms with van der Waals surface area (Å²) in [6, 6.07) is 26.6. The van der Waals surface area contributed by atoms with Crippen molar-refractivity contribution < 1.29 is 9.53 Å². The summed E-state index contributed by atoms with van der Waals surface area (Å²) in [7, 11) is 0. The standard InChI is InChI=1S/C21H17BrO2/c1-21(16-8-4-2-5-9-16,17-12-14-18(22)15-13-17)20(23)24-19-10-6-3-7-11-19/h2-15H,1H3. The number of para-hydroxylation sites is 1.